The maximum atomic E-state index is 11.8. The van der Waals surface area contributed by atoms with Crippen molar-refractivity contribution in [2.75, 3.05) is 18.4 Å². The van der Waals surface area contributed by atoms with E-state index in [1.807, 2.05) is 30.3 Å². The van der Waals surface area contributed by atoms with Crippen molar-refractivity contribution in [1.82, 2.24) is 15.5 Å². The summed E-state index contributed by atoms with van der Waals surface area (Å²) in [6.45, 7) is 1.48. The fourth-order valence-corrected chi connectivity index (χ4v) is 2.87. The summed E-state index contributed by atoms with van der Waals surface area (Å²) >= 11 is 0. The van der Waals surface area contributed by atoms with Crippen LogP contribution in [0, 0.1) is 0 Å². The molecule has 3 N–H and O–H groups in total. The van der Waals surface area contributed by atoms with Gasteiger partial charge >= 0.3 is 0 Å². The second kappa shape index (κ2) is 6.25. The third kappa shape index (κ3) is 2.79. The Labute approximate surface area is 138 Å². The number of hydrogen-bond acceptors (Lipinski definition) is 5. The molecule has 0 amide bonds. The Morgan fingerprint density at radius 1 is 1.04 bits per heavy atom. The molecule has 4 rings (SSSR count). The van der Waals surface area contributed by atoms with Crippen LogP contribution in [0.4, 0.5) is 11.5 Å². The zero-order chi connectivity index (χ0) is 16.4. The minimum atomic E-state index is -0.197. The van der Waals surface area contributed by atoms with E-state index in [-0.39, 0.29) is 5.56 Å². The molecule has 6 heteroatoms. The highest BCUT2D eigenvalue weighted by Gasteiger charge is 2.16. The van der Waals surface area contributed by atoms with Crippen molar-refractivity contribution in [3.05, 3.63) is 64.4 Å². The zero-order valence-corrected chi connectivity index (χ0v) is 13.0. The van der Waals surface area contributed by atoms with Crippen LogP contribution >= 0.6 is 0 Å². The lowest BCUT2D eigenvalue weighted by Gasteiger charge is -2.18. The predicted molar refractivity (Wildman–Crippen MR) is 96.1 cm³/mol. The van der Waals surface area contributed by atoms with Crippen LogP contribution in [0.3, 0.4) is 0 Å². The van der Waals surface area contributed by atoms with Gasteiger partial charge < -0.3 is 10.6 Å². The van der Waals surface area contributed by atoms with Crippen molar-refractivity contribution in [3.63, 3.8) is 0 Å². The largest absolute Gasteiger partial charge is 0.342 e. The number of anilines is 1. The molecule has 0 atom stereocenters. The quantitative estimate of drug-likeness (QED) is 0.630. The lowest BCUT2D eigenvalue weighted by Crippen LogP contribution is -2.31. The normalized spacial score (nSPS) is 12.8. The molecule has 0 saturated carbocycles. The fourth-order valence-electron chi connectivity index (χ4n) is 2.87. The van der Waals surface area contributed by atoms with E-state index in [0.29, 0.717) is 17.7 Å². The van der Waals surface area contributed by atoms with E-state index in [0.717, 1.165) is 29.9 Å². The van der Waals surface area contributed by atoms with Crippen molar-refractivity contribution in [1.29, 1.82) is 0 Å². The molecular weight excluding hydrogens is 302 g/mol. The Morgan fingerprint density at radius 3 is 2.79 bits per heavy atom. The Hall–Kier alpha value is -2.99. The summed E-state index contributed by atoms with van der Waals surface area (Å²) in [6, 6.07) is 15.9. The van der Waals surface area contributed by atoms with Crippen LogP contribution in [0.25, 0.3) is 10.8 Å². The number of aliphatic imine (C=N–C) groups is 1. The van der Waals surface area contributed by atoms with Crippen LogP contribution in [-0.2, 0) is 6.42 Å². The molecular formula is C18H17N5O. The lowest BCUT2D eigenvalue weighted by molar-refractivity contribution is 0.757. The van der Waals surface area contributed by atoms with Gasteiger partial charge in [0.2, 0.25) is 0 Å². The van der Waals surface area contributed by atoms with Crippen molar-refractivity contribution in [3.8, 4) is 0 Å². The standard InChI is InChI=1S/C18H17N5O/c24-18-13-7-4-8-14-16(13)17(22-23-18)21-15(20-14)11-19-10-9-12-5-2-1-3-6-12/h1-8,19H,9-11H2,(H,23,24)(H,20,21,22). The average Bonchev–Trinajstić information content (AvgIpc) is 2.63. The molecule has 0 aliphatic carbocycles. The highest BCUT2D eigenvalue weighted by atomic mass is 16.1. The van der Waals surface area contributed by atoms with E-state index in [1.54, 1.807) is 6.07 Å². The highest BCUT2D eigenvalue weighted by Crippen LogP contribution is 2.31. The molecule has 2 aromatic carbocycles. The van der Waals surface area contributed by atoms with E-state index in [1.165, 1.54) is 5.56 Å². The maximum absolute atomic E-state index is 11.8. The van der Waals surface area contributed by atoms with Crippen molar-refractivity contribution in [2.45, 2.75) is 6.42 Å². The lowest BCUT2D eigenvalue weighted by atomic mass is 10.1. The summed E-state index contributed by atoms with van der Waals surface area (Å²) in [4.78, 5) is 16.4. The van der Waals surface area contributed by atoms with E-state index in [2.05, 4.69) is 38.0 Å². The van der Waals surface area contributed by atoms with Gasteiger partial charge in [0.1, 0.15) is 5.84 Å². The molecule has 2 heterocycles. The van der Waals surface area contributed by atoms with Gasteiger partial charge in [-0.15, -0.1) is 0 Å². The van der Waals surface area contributed by atoms with Gasteiger partial charge in [-0.3, -0.25) is 4.79 Å². The summed E-state index contributed by atoms with van der Waals surface area (Å²) in [5.74, 6) is 1.35. The van der Waals surface area contributed by atoms with Gasteiger partial charge in [-0.1, -0.05) is 36.4 Å². The molecule has 1 aromatic heterocycles. The number of rotatable bonds is 5. The maximum Gasteiger partial charge on any atom is 0.272 e. The monoisotopic (exact) mass is 319 g/mol. The van der Waals surface area contributed by atoms with Gasteiger partial charge in [0.25, 0.3) is 5.56 Å². The van der Waals surface area contributed by atoms with Crippen molar-refractivity contribution >= 4 is 28.1 Å². The highest BCUT2D eigenvalue weighted by molar-refractivity contribution is 6.12. The summed E-state index contributed by atoms with van der Waals surface area (Å²) in [7, 11) is 0. The molecule has 0 fully saturated rings. The first-order chi connectivity index (χ1) is 11.8. The third-order valence-corrected chi connectivity index (χ3v) is 4.04. The first kappa shape index (κ1) is 14.6. The number of nitrogens with zero attached hydrogens (tertiary/aromatic N) is 2. The van der Waals surface area contributed by atoms with Gasteiger partial charge in [0.05, 0.1) is 23.0 Å². The smallest absolute Gasteiger partial charge is 0.272 e. The van der Waals surface area contributed by atoms with Crippen LogP contribution in [0.1, 0.15) is 5.56 Å². The summed E-state index contributed by atoms with van der Waals surface area (Å²) in [5.41, 5.74) is 1.98. The van der Waals surface area contributed by atoms with E-state index >= 15 is 0 Å². The van der Waals surface area contributed by atoms with Gasteiger partial charge in [-0.25, -0.2) is 10.1 Å². The average molecular weight is 319 g/mol. The third-order valence-electron chi connectivity index (χ3n) is 4.04. The molecule has 0 radical (unpaired) electrons. The van der Waals surface area contributed by atoms with Crippen molar-refractivity contribution in [2.24, 2.45) is 4.99 Å². The number of H-pyrrole nitrogens is 1. The number of aromatic amines is 1. The topological polar surface area (TPSA) is 82.2 Å². The number of amidine groups is 1. The predicted octanol–water partition coefficient (Wildman–Crippen LogP) is 2.21. The minimum Gasteiger partial charge on any atom is -0.342 e. The minimum absolute atomic E-state index is 0.197. The molecule has 0 bridgehead atoms. The molecule has 0 spiro atoms. The summed E-state index contributed by atoms with van der Waals surface area (Å²) in [6.07, 6.45) is 0.964. The van der Waals surface area contributed by atoms with Crippen LogP contribution in [0.5, 0.6) is 0 Å². The number of nitrogens with one attached hydrogen (secondary N) is 3. The summed E-state index contributed by atoms with van der Waals surface area (Å²) < 4.78 is 0. The first-order valence-electron chi connectivity index (χ1n) is 7.92. The molecule has 24 heavy (non-hydrogen) atoms. The molecule has 120 valence electrons. The van der Waals surface area contributed by atoms with E-state index in [4.69, 9.17) is 0 Å². The molecule has 0 saturated heterocycles. The molecule has 0 unspecified atom stereocenters. The van der Waals surface area contributed by atoms with E-state index < -0.39 is 0 Å². The molecule has 6 nitrogen and oxygen atoms in total. The summed E-state index contributed by atoms with van der Waals surface area (Å²) in [5, 5.41) is 14.6. The van der Waals surface area contributed by atoms with Crippen LogP contribution < -0.4 is 16.2 Å². The second-order valence-electron chi connectivity index (χ2n) is 5.70. The van der Waals surface area contributed by atoms with Gasteiger partial charge in [0.15, 0.2) is 5.82 Å². The Balaban J connectivity index is 1.47. The Bertz CT molecular complexity index is 962. The van der Waals surface area contributed by atoms with Crippen LogP contribution in [0.15, 0.2) is 58.3 Å². The SMILES string of the molecule is O=c1[nH]nc2c3c(cccc13)NC(CNCCc1ccccc1)=N2. The Kier molecular flexibility index (Phi) is 3.80. The second-order valence-corrected chi connectivity index (χ2v) is 5.70. The van der Waals surface area contributed by atoms with Gasteiger partial charge in [0, 0.05) is 0 Å². The van der Waals surface area contributed by atoms with Gasteiger partial charge in [-0.2, -0.15) is 5.10 Å². The molecule has 3 aromatic rings. The number of benzene rings is 2. The van der Waals surface area contributed by atoms with Gasteiger partial charge in [-0.05, 0) is 30.7 Å². The van der Waals surface area contributed by atoms with E-state index in [9.17, 15) is 4.79 Å². The zero-order valence-electron chi connectivity index (χ0n) is 13.0. The van der Waals surface area contributed by atoms with Crippen LogP contribution in [-0.4, -0.2) is 29.1 Å². The number of aromatic nitrogens is 2. The first-order valence-corrected chi connectivity index (χ1v) is 7.92. The Morgan fingerprint density at radius 2 is 1.92 bits per heavy atom. The van der Waals surface area contributed by atoms with Crippen molar-refractivity contribution < 1.29 is 0 Å². The fraction of sp³-hybridized carbons (Fsp3) is 0.167. The number of hydrogen-bond donors (Lipinski definition) is 3. The molecule has 1 aliphatic rings. The molecule has 1 aliphatic heterocycles. The van der Waals surface area contributed by atoms with Crippen LogP contribution in [0.2, 0.25) is 0 Å².